The second kappa shape index (κ2) is 21.1. The first kappa shape index (κ1) is 45.3. The van der Waals surface area contributed by atoms with Gasteiger partial charge in [0.2, 0.25) is 29.4 Å². The zero-order chi connectivity index (χ0) is 40.6. The number of amides is 5. The number of Topliss-reactive ketones (excluding diaryl/α,β-unsaturated/α-hetero) is 1. The molecule has 0 aliphatic carbocycles. The van der Waals surface area contributed by atoms with E-state index in [0.29, 0.717) is 6.42 Å². The fourth-order valence-electron chi connectivity index (χ4n) is 5.58. The molecule has 1 unspecified atom stereocenters. The molecular weight excluding hydrogens is 700 g/mol. The van der Waals surface area contributed by atoms with Gasteiger partial charge in [-0.2, -0.15) is 8.78 Å². The van der Waals surface area contributed by atoms with Gasteiger partial charge in [-0.15, -0.1) is 0 Å². The average Bonchev–Trinajstić information content (AvgIpc) is 3.08. The molecule has 5 amide bonds. The predicted molar refractivity (Wildman–Crippen MR) is 201 cm³/mol. The van der Waals surface area contributed by atoms with Crippen LogP contribution in [0.25, 0.3) is 0 Å². The molecule has 0 spiro atoms. The Morgan fingerprint density at radius 2 is 1.20 bits per heavy atom. The molecule has 298 valence electrons. The molecule has 2 aromatic rings. The number of carbonyl (C=O) groups is 6. The Morgan fingerprint density at radius 1 is 0.685 bits per heavy atom. The van der Waals surface area contributed by atoms with E-state index >= 15 is 8.78 Å². The predicted octanol–water partition coefficient (Wildman–Crippen LogP) is 4.85. The summed E-state index contributed by atoms with van der Waals surface area (Å²) in [5, 5.41) is 12.3. The van der Waals surface area contributed by atoms with Crippen molar-refractivity contribution >= 4 is 35.5 Å². The number of hydrogen-bond acceptors (Lipinski definition) is 7. The van der Waals surface area contributed by atoms with Gasteiger partial charge in [0, 0.05) is 13.0 Å². The summed E-state index contributed by atoms with van der Waals surface area (Å²) in [6, 6.07) is 13.8. The third kappa shape index (κ3) is 15.6. The second-order valence-electron chi connectivity index (χ2n) is 15.1. The Labute approximate surface area is 317 Å². The van der Waals surface area contributed by atoms with Crippen molar-refractivity contribution in [2.45, 2.75) is 117 Å². The number of alkyl halides is 2. The Balaban J connectivity index is 2.19. The maximum absolute atomic E-state index is 15.5. The zero-order valence-corrected chi connectivity index (χ0v) is 32.6. The van der Waals surface area contributed by atoms with Crippen molar-refractivity contribution in [3.8, 4) is 0 Å². The van der Waals surface area contributed by atoms with Crippen LogP contribution in [-0.4, -0.2) is 71.7 Å². The van der Waals surface area contributed by atoms with E-state index in [4.69, 9.17) is 4.74 Å². The van der Waals surface area contributed by atoms with Crippen molar-refractivity contribution in [1.29, 1.82) is 0 Å². The van der Waals surface area contributed by atoms with Gasteiger partial charge in [-0.1, -0.05) is 102 Å². The van der Waals surface area contributed by atoms with E-state index in [2.05, 4.69) is 26.6 Å². The van der Waals surface area contributed by atoms with Gasteiger partial charge in [0.05, 0.1) is 12.6 Å². The first-order chi connectivity index (χ1) is 25.2. The van der Waals surface area contributed by atoms with Crippen LogP contribution in [0.2, 0.25) is 0 Å². The quantitative estimate of drug-likeness (QED) is 0.120. The summed E-state index contributed by atoms with van der Waals surface area (Å²) in [7, 11) is 0. The molecule has 0 aliphatic heterocycles. The number of halogens is 2. The van der Waals surface area contributed by atoms with Crippen LogP contribution in [0.3, 0.4) is 0 Å². The van der Waals surface area contributed by atoms with E-state index in [-0.39, 0.29) is 31.7 Å². The molecule has 0 bridgehead atoms. The molecule has 0 aromatic heterocycles. The highest BCUT2D eigenvalue weighted by molar-refractivity contribution is 6.01. The van der Waals surface area contributed by atoms with Gasteiger partial charge in [0.1, 0.15) is 23.6 Å². The smallest absolute Gasteiger partial charge is 0.408 e. The van der Waals surface area contributed by atoms with E-state index in [1.807, 2.05) is 6.07 Å². The third-order valence-electron chi connectivity index (χ3n) is 8.23. The third-order valence-corrected chi connectivity index (χ3v) is 8.23. The highest BCUT2D eigenvalue weighted by atomic mass is 19.3. The number of hydrogen-bond donors (Lipinski definition) is 5. The lowest BCUT2D eigenvalue weighted by Crippen LogP contribution is -2.58. The van der Waals surface area contributed by atoms with E-state index in [1.54, 1.807) is 110 Å². The van der Waals surface area contributed by atoms with Gasteiger partial charge in [0.15, 0.2) is 0 Å². The van der Waals surface area contributed by atoms with Crippen molar-refractivity contribution in [1.82, 2.24) is 26.6 Å². The van der Waals surface area contributed by atoms with Crippen molar-refractivity contribution in [3.63, 3.8) is 0 Å². The van der Waals surface area contributed by atoms with Crippen molar-refractivity contribution < 1.29 is 42.3 Å². The van der Waals surface area contributed by atoms with Crippen molar-refractivity contribution in [2.24, 2.45) is 17.8 Å². The first-order valence-corrected chi connectivity index (χ1v) is 18.4. The molecule has 54 heavy (non-hydrogen) atoms. The normalized spacial score (nSPS) is 13.9. The number of rotatable bonds is 20. The molecule has 0 aliphatic rings. The van der Waals surface area contributed by atoms with Crippen LogP contribution in [0.5, 0.6) is 0 Å². The number of alkyl carbamates (subject to hydrolysis) is 1. The minimum absolute atomic E-state index is 0.0607. The molecule has 2 rings (SSSR count). The maximum atomic E-state index is 15.5. The van der Waals surface area contributed by atoms with Crippen LogP contribution in [0.4, 0.5) is 13.6 Å². The number of ketones is 1. The number of carbonyl (C=O) groups excluding carboxylic acids is 6. The van der Waals surface area contributed by atoms with Crippen LogP contribution in [0.1, 0.15) is 85.8 Å². The summed E-state index contributed by atoms with van der Waals surface area (Å²) in [6.45, 7) is 12.1. The summed E-state index contributed by atoms with van der Waals surface area (Å²) in [5.74, 6) is -11.1. The van der Waals surface area contributed by atoms with Crippen LogP contribution >= 0.6 is 0 Å². The van der Waals surface area contributed by atoms with Crippen LogP contribution in [0, 0.1) is 17.8 Å². The van der Waals surface area contributed by atoms with Crippen molar-refractivity contribution in [2.75, 3.05) is 6.54 Å². The van der Waals surface area contributed by atoms with Gasteiger partial charge < -0.3 is 31.3 Å². The maximum Gasteiger partial charge on any atom is 0.408 e. The Hall–Kier alpha value is -4.88. The lowest BCUT2D eigenvalue weighted by molar-refractivity contribution is -0.148. The topological polar surface area (TPSA) is 172 Å². The number of ether oxygens (including phenoxy) is 1. The van der Waals surface area contributed by atoms with E-state index in [0.717, 1.165) is 11.1 Å². The molecule has 0 saturated heterocycles. The summed E-state index contributed by atoms with van der Waals surface area (Å²) >= 11 is 0. The fourth-order valence-corrected chi connectivity index (χ4v) is 5.58. The molecule has 0 saturated carbocycles. The Kier molecular flexibility index (Phi) is 17.7. The first-order valence-electron chi connectivity index (χ1n) is 18.4. The van der Waals surface area contributed by atoms with Crippen LogP contribution in [0.15, 0.2) is 60.7 Å². The minimum atomic E-state index is -4.12. The minimum Gasteiger partial charge on any atom is -0.444 e. The molecule has 12 nitrogen and oxygen atoms in total. The standard InChI is InChI=1S/C40H57F2N5O7/c1-9-16-29(45-35(50)31(22-27-17-12-10-13-18-27)47-38(53)54-39(6,7)8)34(49)46-30(21-25(2)3)33(48)40(41,42)24-44-37(52)32(26(4)5)36(51)43-23-28-19-14-11-15-20-28/h10-15,17-20,25-26,29-32H,9,16,21-24H2,1-8H3,(H,43,51)(H,44,52)(H,45,50)(H,46,49)(H,47,53)/t29-,30-,31-,32?/m0/s1. The van der Waals surface area contributed by atoms with Gasteiger partial charge in [-0.25, -0.2) is 4.79 Å². The van der Waals surface area contributed by atoms with Gasteiger partial charge in [0.25, 0.3) is 0 Å². The monoisotopic (exact) mass is 757 g/mol. The lowest BCUT2D eigenvalue weighted by atomic mass is 9.93. The van der Waals surface area contributed by atoms with Crippen LogP contribution in [-0.2, 0) is 41.7 Å². The second-order valence-corrected chi connectivity index (χ2v) is 15.1. The average molecular weight is 758 g/mol. The summed E-state index contributed by atoms with van der Waals surface area (Å²) in [5.41, 5.74) is 0.655. The highest BCUT2D eigenvalue weighted by Gasteiger charge is 2.45. The highest BCUT2D eigenvalue weighted by Crippen LogP contribution is 2.21. The molecule has 2 aromatic carbocycles. The Morgan fingerprint density at radius 3 is 1.72 bits per heavy atom. The molecule has 5 N–H and O–H groups in total. The van der Waals surface area contributed by atoms with Gasteiger partial charge >= 0.3 is 12.0 Å². The summed E-state index contributed by atoms with van der Waals surface area (Å²) in [6.07, 6.45) is -0.443. The summed E-state index contributed by atoms with van der Waals surface area (Å²) < 4.78 is 36.4. The van der Waals surface area contributed by atoms with Crippen molar-refractivity contribution in [3.05, 3.63) is 71.8 Å². The molecule has 14 heteroatoms. The van der Waals surface area contributed by atoms with E-state index < -0.39 is 83.5 Å². The molecule has 0 fully saturated rings. The molecule has 0 heterocycles. The Bertz CT molecular complexity index is 1550. The number of benzene rings is 2. The van der Waals surface area contributed by atoms with Crippen LogP contribution < -0.4 is 26.6 Å². The largest absolute Gasteiger partial charge is 0.444 e. The lowest BCUT2D eigenvalue weighted by Gasteiger charge is -2.28. The van der Waals surface area contributed by atoms with E-state index in [1.165, 1.54) is 0 Å². The summed E-state index contributed by atoms with van der Waals surface area (Å²) in [4.78, 5) is 79.2. The zero-order valence-electron chi connectivity index (χ0n) is 32.6. The molecular formula is C40H57F2N5O7. The molecule has 0 radical (unpaired) electrons. The van der Waals surface area contributed by atoms with Gasteiger partial charge in [-0.3, -0.25) is 24.0 Å². The molecule has 4 atom stereocenters. The SMILES string of the molecule is CCC[C@H](NC(=O)[C@H](Cc1ccccc1)NC(=O)OC(C)(C)C)C(=O)N[C@@H](CC(C)C)C(=O)C(F)(F)CNC(=O)C(C(=O)NCc1ccccc1)C(C)C. The number of nitrogens with one attached hydrogen (secondary N) is 5. The van der Waals surface area contributed by atoms with Gasteiger partial charge in [-0.05, 0) is 56.6 Å². The fraction of sp³-hybridized carbons (Fsp3) is 0.550. The van der Waals surface area contributed by atoms with E-state index in [9.17, 15) is 28.8 Å².